The lowest BCUT2D eigenvalue weighted by Crippen LogP contribution is -2.15. The van der Waals surface area contributed by atoms with Gasteiger partial charge in [0.1, 0.15) is 5.65 Å². The van der Waals surface area contributed by atoms with Crippen molar-refractivity contribution in [1.29, 1.82) is 0 Å². The molecule has 1 fully saturated rings. The zero-order valence-electron chi connectivity index (χ0n) is 8.98. The van der Waals surface area contributed by atoms with Gasteiger partial charge in [-0.2, -0.15) is 0 Å². The lowest BCUT2D eigenvalue weighted by molar-refractivity contribution is 0.0794. The molecular formula is C12H14N2O2. The summed E-state index contributed by atoms with van der Waals surface area (Å²) in [6, 6.07) is 5.26. The lowest BCUT2D eigenvalue weighted by Gasteiger charge is -2.20. The molecule has 0 radical (unpaired) electrons. The number of rotatable bonds is 1. The Balaban J connectivity index is 2.04. The van der Waals surface area contributed by atoms with Crippen molar-refractivity contribution in [1.82, 2.24) is 9.38 Å². The van der Waals surface area contributed by atoms with Crippen molar-refractivity contribution in [3.05, 3.63) is 40.4 Å². The van der Waals surface area contributed by atoms with Gasteiger partial charge < -0.3 is 9.72 Å². The van der Waals surface area contributed by atoms with Crippen LogP contribution in [0.5, 0.6) is 0 Å². The molecule has 1 unspecified atom stereocenters. The molecule has 0 saturated carbocycles. The Hall–Kier alpha value is -1.55. The molecule has 1 N–H and O–H groups in total. The van der Waals surface area contributed by atoms with E-state index in [1.54, 1.807) is 16.5 Å². The lowest BCUT2D eigenvalue weighted by atomic mass is 9.99. The average Bonchev–Trinajstić information content (AvgIpc) is 2.76. The smallest absolute Gasteiger partial charge is 0.256 e. The number of aromatic nitrogens is 2. The summed E-state index contributed by atoms with van der Waals surface area (Å²) in [7, 11) is 0. The minimum absolute atomic E-state index is 0.0109. The van der Waals surface area contributed by atoms with Crippen LogP contribution in [0.3, 0.4) is 0 Å². The van der Waals surface area contributed by atoms with E-state index in [2.05, 4.69) is 4.98 Å². The van der Waals surface area contributed by atoms with E-state index < -0.39 is 0 Å². The molecule has 3 rings (SSSR count). The van der Waals surface area contributed by atoms with Crippen molar-refractivity contribution >= 4 is 5.65 Å². The van der Waals surface area contributed by atoms with Crippen molar-refractivity contribution in [2.45, 2.75) is 18.8 Å². The summed E-state index contributed by atoms with van der Waals surface area (Å²) in [5.74, 6) is 0.396. The SMILES string of the molecule is O=c1cccc2[nH]c(C3CCCOC3)cn12. The number of H-pyrrole nitrogens is 1. The first kappa shape index (κ1) is 9.66. The highest BCUT2D eigenvalue weighted by Gasteiger charge is 2.18. The van der Waals surface area contributed by atoms with Crippen molar-refractivity contribution in [3.63, 3.8) is 0 Å². The molecule has 0 amide bonds. The number of aromatic amines is 1. The molecule has 0 aromatic carbocycles. The summed E-state index contributed by atoms with van der Waals surface area (Å²) in [4.78, 5) is 14.9. The van der Waals surface area contributed by atoms with E-state index in [0.29, 0.717) is 5.92 Å². The number of hydrogen-bond acceptors (Lipinski definition) is 2. The maximum Gasteiger partial charge on any atom is 0.256 e. The van der Waals surface area contributed by atoms with Crippen molar-refractivity contribution in [2.75, 3.05) is 13.2 Å². The van der Waals surface area contributed by atoms with Crippen molar-refractivity contribution in [3.8, 4) is 0 Å². The molecule has 1 atom stereocenters. The van der Waals surface area contributed by atoms with Crippen LogP contribution in [-0.4, -0.2) is 22.6 Å². The predicted molar refractivity (Wildman–Crippen MR) is 60.8 cm³/mol. The Labute approximate surface area is 92.9 Å². The fraction of sp³-hybridized carbons (Fsp3) is 0.417. The van der Waals surface area contributed by atoms with Crippen LogP contribution in [0.15, 0.2) is 29.2 Å². The van der Waals surface area contributed by atoms with Gasteiger partial charge in [-0.1, -0.05) is 6.07 Å². The first-order valence-corrected chi connectivity index (χ1v) is 5.62. The second-order valence-electron chi connectivity index (χ2n) is 4.24. The Morgan fingerprint density at radius 1 is 1.44 bits per heavy atom. The fourth-order valence-electron chi connectivity index (χ4n) is 2.25. The monoisotopic (exact) mass is 218 g/mol. The molecule has 0 spiro atoms. The van der Waals surface area contributed by atoms with E-state index in [-0.39, 0.29) is 5.56 Å². The van der Waals surface area contributed by atoms with Gasteiger partial charge in [0.05, 0.1) is 6.61 Å². The molecule has 1 aliphatic rings. The highest BCUT2D eigenvalue weighted by Crippen LogP contribution is 2.24. The first-order valence-electron chi connectivity index (χ1n) is 5.62. The highest BCUT2D eigenvalue weighted by atomic mass is 16.5. The van der Waals surface area contributed by atoms with E-state index in [0.717, 1.165) is 37.4 Å². The van der Waals surface area contributed by atoms with E-state index >= 15 is 0 Å². The van der Waals surface area contributed by atoms with Crippen LogP contribution < -0.4 is 5.56 Å². The highest BCUT2D eigenvalue weighted by molar-refractivity contribution is 5.40. The van der Waals surface area contributed by atoms with Gasteiger partial charge in [0, 0.05) is 30.5 Å². The summed E-state index contributed by atoms with van der Waals surface area (Å²) < 4.78 is 7.11. The molecule has 2 aromatic heterocycles. The molecule has 16 heavy (non-hydrogen) atoms. The van der Waals surface area contributed by atoms with Crippen molar-refractivity contribution in [2.24, 2.45) is 0 Å². The van der Waals surface area contributed by atoms with Crippen LogP contribution in [-0.2, 0) is 4.74 Å². The Morgan fingerprint density at radius 2 is 2.38 bits per heavy atom. The third-order valence-corrected chi connectivity index (χ3v) is 3.13. The van der Waals surface area contributed by atoms with Crippen molar-refractivity contribution < 1.29 is 4.74 Å². The summed E-state index contributed by atoms with van der Waals surface area (Å²) in [5.41, 5.74) is 1.97. The topological polar surface area (TPSA) is 46.5 Å². The summed E-state index contributed by atoms with van der Waals surface area (Å²) >= 11 is 0. The van der Waals surface area contributed by atoms with Crippen LogP contribution in [0.1, 0.15) is 24.5 Å². The molecule has 4 nitrogen and oxygen atoms in total. The normalized spacial score (nSPS) is 21.4. The molecule has 4 heteroatoms. The third kappa shape index (κ3) is 1.55. The van der Waals surface area contributed by atoms with E-state index in [1.807, 2.05) is 12.3 Å². The number of fused-ring (bicyclic) bond motifs is 1. The first-order chi connectivity index (χ1) is 7.84. The van der Waals surface area contributed by atoms with Gasteiger partial charge in [0.2, 0.25) is 0 Å². The molecule has 0 aliphatic carbocycles. The number of nitrogens with one attached hydrogen (secondary N) is 1. The molecule has 84 valence electrons. The van der Waals surface area contributed by atoms with E-state index in [4.69, 9.17) is 4.74 Å². The summed E-state index contributed by atoms with van der Waals surface area (Å²) in [6.07, 6.45) is 4.12. The van der Waals surface area contributed by atoms with Gasteiger partial charge in [-0.3, -0.25) is 9.20 Å². The van der Waals surface area contributed by atoms with Gasteiger partial charge >= 0.3 is 0 Å². The summed E-state index contributed by atoms with van der Waals surface area (Å²) in [6.45, 7) is 1.61. The number of pyridine rings is 1. The van der Waals surface area contributed by atoms with Gasteiger partial charge in [0.15, 0.2) is 0 Å². The number of ether oxygens (including phenoxy) is 1. The second-order valence-corrected chi connectivity index (χ2v) is 4.24. The Kier molecular flexibility index (Phi) is 2.29. The third-order valence-electron chi connectivity index (χ3n) is 3.13. The van der Waals surface area contributed by atoms with Crippen LogP contribution in [0.2, 0.25) is 0 Å². The molecule has 2 aromatic rings. The largest absolute Gasteiger partial charge is 0.381 e. The van der Waals surface area contributed by atoms with Gasteiger partial charge in [-0.25, -0.2) is 0 Å². The molecular weight excluding hydrogens is 204 g/mol. The minimum Gasteiger partial charge on any atom is -0.381 e. The minimum atomic E-state index is 0.0109. The predicted octanol–water partition coefficient (Wildman–Crippen LogP) is 1.52. The second kappa shape index (κ2) is 3.79. The standard InChI is InChI=1S/C12H14N2O2/c15-12-5-1-4-11-13-10(7-14(11)12)9-3-2-6-16-8-9/h1,4-5,7,9,13H,2-3,6,8H2. The van der Waals surface area contributed by atoms with Crippen LogP contribution in [0.4, 0.5) is 0 Å². The van der Waals surface area contributed by atoms with Crippen LogP contribution in [0, 0.1) is 0 Å². The van der Waals surface area contributed by atoms with Crippen LogP contribution in [0.25, 0.3) is 5.65 Å². The number of hydrogen-bond donors (Lipinski definition) is 1. The zero-order valence-corrected chi connectivity index (χ0v) is 8.98. The molecule has 1 aliphatic heterocycles. The van der Waals surface area contributed by atoms with Gasteiger partial charge in [-0.15, -0.1) is 0 Å². The number of imidazole rings is 1. The van der Waals surface area contributed by atoms with Crippen LogP contribution >= 0.6 is 0 Å². The molecule has 1 saturated heterocycles. The molecule has 0 bridgehead atoms. The fourth-order valence-corrected chi connectivity index (χ4v) is 2.25. The van der Waals surface area contributed by atoms with Gasteiger partial charge in [-0.05, 0) is 18.9 Å². The Bertz CT molecular complexity index is 549. The maximum atomic E-state index is 11.6. The zero-order chi connectivity index (χ0) is 11.0. The van der Waals surface area contributed by atoms with E-state index in [1.165, 1.54) is 0 Å². The van der Waals surface area contributed by atoms with Gasteiger partial charge in [0.25, 0.3) is 5.56 Å². The maximum absolute atomic E-state index is 11.6. The Morgan fingerprint density at radius 3 is 3.12 bits per heavy atom. The van der Waals surface area contributed by atoms with E-state index in [9.17, 15) is 4.79 Å². The summed E-state index contributed by atoms with van der Waals surface area (Å²) in [5, 5.41) is 0. The molecule has 3 heterocycles. The number of nitrogens with zero attached hydrogens (tertiary/aromatic N) is 1. The average molecular weight is 218 g/mol. The quantitative estimate of drug-likeness (QED) is 0.788.